The van der Waals surface area contributed by atoms with Gasteiger partial charge in [-0.2, -0.15) is 0 Å². The summed E-state index contributed by atoms with van der Waals surface area (Å²) < 4.78 is 35.9. The zero-order valence-electron chi connectivity index (χ0n) is 11.4. The first-order valence-corrected chi connectivity index (χ1v) is 5.77. The smallest absolute Gasteiger partial charge is 0.325 e. The van der Waals surface area contributed by atoms with E-state index in [1.54, 1.807) is 0 Å². The van der Waals surface area contributed by atoms with Gasteiger partial charge in [0.05, 0.1) is 14.2 Å². The van der Waals surface area contributed by atoms with E-state index in [1.807, 2.05) is 0 Å². The van der Waals surface area contributed by atoms with Gasteiger partial charge in [0.15, 0.2) is 0 Å². The molecule has 1 aromatic carbocycles. The van der Waals surface area contributed by atoms with Crippen LogP contribution in [0.15, 0.2) is 18.2 Å². The number of hydrogen-bond donors (Lipinski definition) is 0. The molecule has 21 heavy (non-hydrogen) atoms. The minimum atomic E-state index is -1.15. The first-order chi connectivity index (χ1) is 9.90. The van der Waals surface area contributed by atoms with Crippen LogP contribution in [0.3, 0.4) is 0 Å². The van der Waals surface area contributed by atoms with Gasteiger partial charge in [0, 0.05) is 0 Å². The quantitative estimate of drug-likeness (QED) is 0.751. The second-order valence-electron chi connectivity index (χ2n) is 3.91. The molecule has 0 unspecified atom stereocenters. The number of benzene rings is 1. The standard InChI is InChI=1S/C13H13F2NO5/c1-20-10(17)6-16(7-11(18)21-2)13(19)12-8(14)4-3-5-9(12)15/h3-5H,6-7H2,1-2H3. The predicted octanol–water partition coefficient (Wildman–Crippen LogP) is 0.753. The van der Waals surface area contributed by atoms with Gasteiger partial charge in [-0.15, -0.1) is 0 Å². The Morgan fingerprint density at radius 3 is 1.81 bits per heavy atom. The molecule has 0 saturated carbocycles. The van der Waals surface area contributed by atoms with E-state index >= 15 is 0 Å². The number of carbonyl (C=O) groups excluding carboxylic acids is 3. The molecule has 0 atom stereocenters. The molecule has 0 bridgehead atoms. The lowest BCUT2D eigenvalue weighted by atomic mass is 10.1. The molecule has 0 saturated heterocycles. The molecule has 0 radical (unpaired) electrons. The molecule has 0 heterocycles. The second kappa shape index (κ2) is 7.32. The Hall–Kier alpha value is -2.51. The third-order valence-electron chi connectivity index (χ3n) is 2.56. The summed E-state index contributed by atoms with van der Waals surface area (Å²) in [6.07, 6.45) is 0. The van der Waals surface area contributed by atoms with Crippen LogP contribution in [0, 0.1) is 11.6 Å². The second-order valence-corrected chi connectivity index (χ2v) is 3.91. The summed E-state index contributed by atoms with van der Waals surface area (Å²) in [5.41, 5.74) is -0.856. The van der Waals surface area contributed by atoms with E-state index in [0.717, 1.165) is 32.4 Å². The van der Waals surface area contributed by atoms with Crippen LogP contribution in [-0.2, 0) is 19.1 Å². The fraction of sp³-hybridized carbons (Fsp3) is 0.308. The molecule has 0 aromatic heterocycles. The highest BCUT2D eigenvalue weighted by molar-refractivity contribution is 5.98. The SMILES string of the molecule is COC(=O)CN(CC(=O)OC)C(=O)c1c(F)cccc1F. The van der Waals surface area contributed by atoms with Crippen molar-refractivity contribution in [2.24, 2.45) is 0 Å². The van der Waals surface area contributed by atoms with Crippen LogP contribution in [0.25, 0.3) is 0 Å². The van der Waals surface area contributed by atoms with Crippen molar-refractivity contribution in [3.05, 3.63) is 35.4 Å². The number of hydrogen-bond acceptors (Lipinski definition) is 5. The summed E-state index contributed by atoms with van der Waals surface area (Å²) in [5, 5.41) is 0. The van der Waals surface area contributed by atoms with Gasteiger partial charge in [0.1, 0.15) is 30.3 Å². The number of halogens is 2. The molecule has 6 nitrogen and oxygen atoms in total. The van der Waals surface area contributed by atoms with Gasteiger partial charge in [-0.25, -0.2) is 8.78 Å². The summed E-state index contributed by atoms with van der Waals surface area (Å²) in [6.45, 7) is -1.28. The Kier molecular flexibility index (Phi) is 5.77. The van der Waals surface area contributed by atoms with Crippen molar-refractivity contribution in [3.8, 4) is 0 Å². The Balaban J connectivity index is 3.09. The monoisotopic (exact) mass is 301 g/mol. The van der Waals surface area contributed by atoms with Gasteiger partial charge in [-0.1, -0.05) is 6.07 Å². The molecule has 0 N–H and O–H groups in total. The van der Waals surface area contributed by atoms with Crippen molar-refractivity contribution in [1.29, 1.82) is 0 Å². The van der Waals surface area contributed by atoms with Crippen molar-refractivity contribution in [1.82, 2.24) is 4.90 Å². The van der Waals surface area contributed by atoms with Gasteiger partial charge in [0.2, 0.25) is 0 Å². The lowest BCUT2D eigenvalue weighted by Crippen LogP contribution is -2.41. The Morgan fingerprint density at radius 1 is 1.00 bits per heavy atom. The molecule has 1 rings (SSSR count). The Bertz CT molecular complexity index is 523. The fourth-order valence-corrected chi connectivity index (χ4v) is 1.50. The molecule has 0 fully saturated rings. The van der Waals surface area contributed by atoms with Crippen molar-refractivity contribution >= 4 is 17.8 Å². The zero-order chi connectivity index (χ0) is 16.0. The molecule has 114 valence electrons. The van der Waals surface area contributed by atoms with Gasteiger partial charge in [-0.3, -0.25) is 14.4 Å². The van der Waals surface area contributed by atoms with Crippen molar-refractivity contribution in [2.45, 2.75) is 0 Å². The molecule has 1 aromatic rings. The van der Waals surface area contributed by atoms with Crippen molar-refractivity contribution in [2.75, 3.05) is 27.3 Å². The minimum absolute atomic E-state index is 0.638. The average molecular weight is 301 g/mol. The topological polar surface area (TPSA) is 72.9 Å². The van der Waals surface area contributed by atoms with Gasteiger partial charge >= 0.3 is 11.9 Å². The summed E-state index contributed by atoms with van der Waals surface area (Å²) in [6, 6.07) is 2.88. The van der Waals surface area contributed by atoms with E-state index in [1.165, 1.54) is 0 Å². The number of ether oxygens (including phenoxy) is 2. The van der Waals surface area contributed by atoms with Gasteiger partial charge < -0.3 is 14.4 Å². The summed E-state index contributed by atoms with van der Waals surface area (Å²) in [5.74, 6) is -5.03. The highest BCUT2D eigenvalue weighted by Crippen LogP contribution is 2.15. The van der Waals surface area contributed by atoms with Crippen molar-refractivity contribution in [3.63, 3.8) is 0 Å². The number of methoxy groups -OCH3 is 2. The maximum atomic E-state index is 13.6. The maximum absolute atomic E-state index is 13.6. The largest absolute Gasteiger partial charge is 0.468 e. The molecule has 0 aliphatic rings. The van der Waals surface area contributed by atoms with E-state index in [2.05, 4.69) is 9.47 Å². The molecular formula is C13H13F2NO5. The molecule has 0 aliphatic carbocycles. The molecule has 1 amide bonds. The Morgan fingerprint density at radius 2 is 1.43 bits per heavy atom. The average Bonchev–Trinajstić information content (AvgIpc) is 2.45. The van der Waals surface area contributed by atoms with Crippen LogP contribution >= 0.6 is 0 Å². The highest BCUT2D eigenvalue weighted by atomic mass is 19.1. The van der Waals surface area contributed by atoms with Gasteiger partial charge in [0.25, 0.3) is 5.91 Å². The lowest BCUT2D eigenvalue weighted by Gasteiger charge is -2.20. The number of nitrogens with zero attached hydrogens (tertiary/aromatic N) is 1. The molecule has 0 aliphatic heterocycles. The highest BCUT2D eigenvalue weighted by Gasteiger charge is 2.27. The van der Waals surface area contributed by atoms with Crippen LogP contribution < -0.4 is 0 Å². The van der Waals surface area contributed by atoms with E-state index in [-0.39, 0.29) is 0 Å². The predicted molar refractivity (Wildman–Crippen MR) is 66.3 cm³/mol. The van der Waals surface area contributed by atoms with E-state index < -0.39 is 48.1 Å². The first kappa shape index (κ1) is 16.5. The van der Waals surface area contributed by atoms with Crippen LogP contribution in [-0.4, -0.2) is 50.1 Å². The minimum Gasteiger partial charge on any atom is -0.468 e. The summed E-state index contributed by atoms with van der Waals surface area (Å²) >= 11 is 0. The lowest BCUT2D eigenvalue weighted by molar-refractivity contribution is -0.144. The third-order valence-corrected chi connectivity index (χ3v) is 2.56. The van der Waals surface area contributed by atoms with Crippen LogP contribution in [0.4, 0.5) is 8.78 Å². The van der Waals surface area contributed by atoms with Crippen molar-refractivity contribution < 1.29 is 32.6 Å². The Labute approximate surface area is 119 Å². The molecular weight excluding hydrogens is 288 g/mol. The molecule has 8 heteroatoms. The fourth-order valence-electron chi connectivity index (χ4n) is 1.50. The van der Waals surface area contributed by atoms with E-state index in [9.17, 15) is 23.2 Å². The summed E-state index contributed by atoms with van der Waals surface area (Å²) in [7, 11) is 2.15. The van der Waals surface area contributed by atoms with Crippen LogP contribution in [0.1, 0.15) is 10.4 Å². The molecule has 0 spiro atoms. The summed E-state index contributed by atoms with van der Waals surface area (Å²) in [4.78, 5) is 35.2. The van der Waals surface area contributed by atoms with Crippen LogP contribution in [0.5, 0.6) is 0 Å². The third kappa shape index (κ3) is 4.23. The zero-order valence-corrected chi connectivity index (χ0v) is 11.4. The number of esters is 2. The number of carbonyl (C=O) groups is 3. The number of rotatable bonds is 5. The van der Waals surface area contributed by atoms with E-state index in [4.69, 9.17) is 0 Å². The first-order valence-electron chi connectivity index (χ1n) is 5.77. The van der Waals surface area contributed by atoms with E-state index in [0.29, 0.717) is 4.90 Å². The van der Waals surface area contributed by atoms with Crippen LogP contribution in [0.2, 0.25) is 0 Å². The maximum Gasteiger partial charge on any atom is 0.325 e. The van der Waals surface area contributed by atoms with Gasteiger partial charge in [-0.05, 0) is 12.1 Å². The number of amides is 1. The normalized spacial score (nSPS) is 9.90.